The highest BCUT2D eigenvalue weighted by Gasteiger charge is 2.14. The Morgan fingerprint density at radius 2 is 0.571 bits per heavy atom. The third-order valence-corrected chi connectivity index (χ3v) is 13.9. The van der Waals surface area contributed by atoms with Crippen molar-refractivity contribution in [1.82, 2.24) is 5.32 Å². The molecule has 0 radical (unpaired) electrons. The van der Waals surface area contributed by atoms with Crippen LogP contribution in [0.5, 0.6) is 0 Å². The van der Waals surface area contributed by atoms with Gasteiger partial charge in [0.15, 0.2) is 0 Å². The van der Waals surface area contributed by atoms with Gasteiger partial charge in [-0.1, -0.05) is 253 Å². The van der Waals surface area contributed by atoms with Gasteiger partial charge in [0.05, 0.1) is 13.2 Å². The summed E-state index contributed by atoms with van der Waals surface area (Å²) in [5.74, 6) is 1.15. The van der Waals surface area contributed by atoms with Gasteiger partial charge in [-0.15, -0.1) is 0 Å². The maximum Gasteiger partial charge on any atom is 0.305 e. The highest BCUT2D eigenvalue weighted by molar-refractivity contribution is 5.69. The fourth-order valence-electron chi connectivity index (χ4n) is 9.45. The van der Waals surface area contributed by atoms with Crippen LogP contribution in [0.3, 0.4) is 0 Å². The van der Waals surface area contributed by atoms with Crippen molar-refractivity contribution in [2.45, 2.75) is 330 Å². The van der Waals surface area contributed by atoms with Crippen molar-refractivity contribution in [3.05, 3.63) is 0 Å². The lowest BCUT2D eigenvalue weighted by molar-refractivity contribution is -0.146. The minimum atomic E-state index is 0.0256. The number of esters is 2. The van der Waals surface area contributed by atoms with E-state index in [0.717, 1.165) is 32.2 Å². The van der Waals surface area contributed by atoms with Crippen LogP contribution in [-0.4, -0.2) is 37.7 Å². The minimum Gasteiger partial charge on any atom is -0.465 e. The normalized spacial score (nSPS) is 13.0. The third-order valence-electron chi connectivity index (χ3n) is 13.9. The lowest BCUT2D eigenvalue weighted by atomic mass is 9.95. The Morgan fingerprint density at radius 1 is 0.317 bits per heavy atom. The van der Waals surface area contributed by atoms with Gasteiger partial charge in [0.1, 0.15) is 0 Å². The van der Waals surface area contributed by atoms with Crippen molar-refractivity contribution in [3.8, 4) is 0 Å². The molecule has 0 saturated carbocycles. The van der Waals surface area contributed by atoms with Crippen LogP contribution in [0.1, 0.15) is 324 Å². The van der Waals surface area contributed by atoms with Crippen LogP contribution in [-0.2, 0) is 19.1 Å². The molecule has 0 aliphatic heterocycles. The molecule has 0 bridgehead atoms. The van der Waals surface area contributed by atoms with Crippen LogP contribution >= 0.6 is 0 Å². The summed E-state index contributed by atoms with van der Waals surface area (Å²) in [4.78, 5) is 25.4. The molecule has 0 heterocycles. The molecule has 0 saturated heterocycles. The Morgan fingerprint density at radius 3 is 0.905 bits per heavy atom. The van der Waals surface area contributed by atoms with Gasteiger partial charge in [0.2, 0.25) is 0 Å². The first-order valence-electron chi connectivity index (χ1n) is 29.0. The van der Waals surface area contributed by atoms with Crippen molar-refractivity contribution in [3.63, 3.8) is 0 Å². The van der Waals surface area contributed by atoms with Crippen LogP contribution in [0.15, 0.2) is 0 Å². The fourth-order valence-corrected chi connectivity index (χ4v) is 9.45. The number of unbranched alkanes of at least 4 members (excludes halogenated alkanes) is 30. The van der Waals surface area contributed by atoms with Gasteiger partial charge in [-0.05, 0) is 76.2 Å². The molecule has 0 aliphatic rings. The molecule has 3 unspecified atom stereocenters. The predicted octanol–water partition coefficient (Wildman–Crippen LogP) is 18.9. The van der Waals surface area contributed by atoms with Gasteiger partial charge in [-0.3, -0.25) is 9.59 Å². The summed E-state index contributed by atoms with van der Waals surface area (Å²) in [6.07, 6.45) is 56.2. The zero-order valence-electron chi connectivity index (χ0n) is 43.8. The summed E-state index contributed by atoms with van der Waals surface area (Å²) in [5.41, 5.74) is 0. The molecule has 0 aromatic heterocycles. The van der Waals surface area contributed by atoms with E-state index in [9.17, 15) is 9.59 Å². The van der Waals surface area contributed by atoms with Crippen molar-refractivity contribution in [2.24, 2.45) is 11.8 Å². The Hall–Kier alpha value is -1.10. The number of carbonyl (C=O) groups excluding carboxylic acids is 2. The third kappa shape index (κ3) is 47.2. The number of carbonyl (C=O) groups is 2. The maximum atomic E-state index is 12.7. The summed E-state index contributed by atoms with van der Waals surface area (Å²) in [6, 6.07) is 0.613. The lowest BCUT2D eigenvalue weighted by Gasteiger charge is -2.19. The van der Waals surface area contributed by atoms with Gasteiger partial charge in [0, 0.05) is 18.9 Å². The van der Waals surface area contributed by atoms with Gasteiger partial charge < -0.3 is 14.8 Å². The maximum absolute atomic E-state index is 12.7. The zero-order valence-corrected chi connectivity index (χ0v) is 43.8. The van der Waals surface area contributed by atoms with Crippen LogP contribution in [0, 0.1) is 11.8 Å². The minimum absolute atomic E-state index is 0.0256. The summed E-state index contributed by atoms with van der Waals surface area (Å²) in [7, 11) is 0. The topological polar surface area (TPSA) is 64.6 Å². The molecular weight excluding hydrogens is 775 g/mol. The van der Waals surface area contributed by atoms with E-state index in [4.69, 9.17) is 9.47 Å². The Balaban J connectivity index is 4.47. The average Bonchev–Trinajstić information content (AvgIpc) is 3.29. The number of nitrogens with one attached hydrogen (secondary N) is 1. The van der Waals surface area contributed by atoms with E-state index in [0.29, 0.717) is 43.9 Å². The van der Waals surface area contributed by atoms with Gasteiger partial charge >= 0.3 is 11.9 Å². The molecule has 5 heteroatoms. The molecule has 0 aromatic carbocycles. The first-order valence-corrected chi connectivity index (χ1v) is 29.0. The molecule has 5 nitrogen and oxygen atoms in total. The highest BCUT2D eigenvalue weighted by Crippen LogP contribution is 2.22. The smallest absolute Gasteiger partial charge is 0.305 e. The summed E-state index contributed by atoms with van der Waals surface area (Å²) in [6.45, 7) is 13.8. The largest absolute Gasteiger partial charge is 0.465 e. The van der Waals surface area contributed by atoms with E-state index in [1.165, 1.54) is 250 Å². The molecule has 1 N–H and O–H groups in total. The van der Waals surface area contributed by atoms with Crippen molar-refractivity contribution >= 4 is 11.9 Å². The monoisotopic (exact) mass is 890 g/mol. The first kappa shape index (κ1) is 61.9. The molecular formula is C58H115NO4. The highest BCUT2D eigenvalue weighted by atomic mass is 16.5. The van der Waals surface area contributed by atoms with Gasteiger partial charge in [-0.25, -0.2) is 0 Å². The second-order valence-corrected chi connectivity index (χ2v) is 20.3. The second kappa shape index (κ2) is 51.9. The summed E-state index contributed by atoms with van der Waals surface area (Å²) in [5, 5.41) is 3.96. The Labute approximate surface area is 396 Å². The number of hydrogen-bond donors (Lipinski definition) is 1. The van der Waals surface area contributed by atoms with E-state index in [-0.39, 0.29) is 11.9 Å². The van der Waals surface area contributed by atoms with E-state index in [1.54, 1.807) is 0 Å². The molecule has 0 fully saturated rings. The van der Waals surface area contributed by atoms with E-state index in [1.807, 2.05) is 0 Å². The van der Waals surface area contributed by atoms with E-state index in [2.05, 4.69) is 39.9 Å². The molecule has 0 spiro atoms. The van der Waals surface area contributed by atoms with Crippen molar-refractivity contribution in [1.29, 1.82) is 0 Å². The Kier molecular flexibility index (Phi) is 51.0. The van der Waals surface area contributed by atoms with Crippen LogP contribution < -0.4 is 5.32 Å². The molecule has 3 atom stereocenters. The summed E-state index contributed by atoms with van der Waals surface area (Å²) < 4.78 is 11.7. The zero-order chi connectivity index (χ0) is 45.9. The van der Waals surface area contributed by atoms with Crippen LogP contribution in [0.2, 0.25) is 0 Å². The molecule has 0 aromatic rings. The van der Waals surface area contributed by atoms with Crippen LogP contribution in [0.4, 0.5) is 0 Å². The summed E-state index contributed by atoms with van der Waals surface area (Å²) >= 11 is 0. The molecule has 0 aliphatic carbocycles. The molecule has 376 valence electrons. The quantitative estimate of drug-likeness (QED) is 0.0487. The van der Waals surface area contributed by atoms with Crippen LogP contribution in [0.25, 0.3) is 0 Å². The predicted molar refractivity (Wildman–Crippen MR) is 277 cm³/mol. The lowest BCUT2D eigenvalue weighted by Crippen LogP contribution is -2.30. The Bertz CT molecular complexity index is 909. The van der Waals surface area contributed by atoms with Gasteiger partial charge in [-0.2, -0.15) is 0 Å². The number of hydrogen-bond acceptors (Lipinski definition) is 5. The number of rotatable bonds is 53. The second-order valence-electron chi connectivity index (χ2n) is 20.3. The van der Waals surface area contributed by atoms with Crippen molar-refractivity contribution in [2.75, 3.05) is 19.8 Å². The fraction of sp³-hybridized carbons (Fsp3) is 0.966. The average molecular weight is 891 g/mol. The first-order chi connectivity index (χ1) is 31.0. The molecule has 63 heavy (non-hydrogen) atoms. The number of ether oxygens (including phenoxy) is 2. The standard InChI is InChI=1S/C58H115NO4/c1-6-11-16-21-24-25-29-38-47-56(48-39-31-32-41-50-58(61)63-53-55(44-35-20-15-10-5)46-37-28-23-18-13-8-3)59-51-42-33-26-30-40-49-57(60)62-52-54(43-34-19-14-9-4)45-36-27-22-17-12-7-2/h54-56,59H,6-53H2,1-5H3. The van der Waals surface area contributed by atoms with Gasteiger partial charge in [0.25, 0.3) is 0 Å². The molecule has 0 rings (SSSR count). The van der Waals surface area contributed by atoms with E-state index < -0.39 is 0 Å². The van der Waals surface area contributed by atoms with Crippen molar-refractivity contribution < 1.29 is 19.1 Å². The SMILES string of the molecule is CCCCCCCCCCC(CCCCCCC(=O)OCC(CCCCCC)CCCCCCCC)NCCCCCCCC(=O)OCC(CCCCCC)CCCCCCCC. The molecule has 0 amide bonds. The van der Waals surface area contributed by atoms with E-state index >= 15 is 0 Å².